The van der Waals surface area contributed by atoms with Crippen LogP contribution in [-0.2, 0) is 17.9 Å². The average Bonchev–Trinajstić information content (AvgIpc) is 3.27. The number of aromatic nitrogens is 2. The van der Waals surface area contributed by atoms with E-state index in [1.165, 1.54) is 0 Å². The van der Waals surface area contributed by atoms with Gasteiger partial charge in [-0.3, -0.25) is 9.59 Å². The van der Waals surface area contributed by atoms with Crippen LogP contribution in [0.1, 0.15) is 60.8 Å². The van der Waals surface area contributed by atoms with Crippen LogP contribution in [0.5, 0.6) is 0 Å². The Morgan fingerprint density at radius 2 is 2.19 bits per heavy atom. The fraction of sp³-hybridized carbons (Fsp3) is 0.526. The van der Waals surface area contributed by atoms with Gasteiger partial charge in [0.2, 0.25) is 5.91 Å². The quantitative estimate of drug-likeness (QED) is 0.844. The van der Waals surface area contributed by atoms with Crippen LogP contribution >= 0.6 is 11.3 Å². The average molecular weight is 375 g/mol. The van der Waals surface area contributed by atoms with Crippen molar-refractivity contribution < 1.29 is 9.59 Å². The van der Waals surface area contributed by atoms with Crippen molar-refractivity contribution in [1.29, 1.82) is 0 Å². The van der Waals surface area contributed by atoms with Crippen molar-refractivity contribution in [3.63, 3.8) is 0 Å². The first-order chi connectivity index (χ1) is 12.5. The maximum Gasteiger partial charge on any atom is 0.271 e. The smallest absolute Gasteiger partial charge is 0.271 e. The maximum absolute atomic E-state index is 12.5. The Balaban J connectivity index is 1.65. The van der Waals surface area contributed by atoms with E-state index < -0.39 is 0 Å². The van der Waals surface area contributed by atoms with E-state index in [0.29, 0.717) is 37.7 Å². The summed E-state index contributed by atoms with van der Waals surface area (Å²) < 4.78 is 2.00. The molecule has 3 heterocycles. The number of fused-ring (bicyclic) bond motifs is 1. The molecule has 6 nitrogen and oxygen atoms in total. The van der Waals surface area contributed by atoms with Gasteiger partial charge in [0.05, 0.1) is 12.6 Å². The second kappa shape index (κ2) is 8.03. The molecular weight excluding hydrogens is 348 g/mol. The Bertz CT molecular complexity index is 767. The summed E-state index contributed by atoms with van der Waals surface area (Å²) in [5, 5.41) is 4.90. The lowest BCUT2D eigenvalue weighted by molar-refractivity contribution is -0.134. The summed E-state index contributed by atoms with van der Waals surface area (Å²) in [7, 11) is 0. The number of carbonyl (C=O) groups excluding carboxylic acids is 2. The van der Waals surface area contributed by atoms with Crippen LogP contribution in [0.3, 0.4) is 0 Å². The lowest BCUT2D eigenvalue weighted by atomic mass is 10.1. The minimum absolute atomic E-state index is 0.109. The van der Waals surface area contributed by atoms with Gasteiger partial charge in [-0.15, -0.1) is 11.3 Å². The maximum atomic E-state index is 12.5. The van der Waals surface area contributed by atoms with Gasteiger partial charge in [0.15, 0.2) is 0 Å². The van der Waals surface area contributed by atoms with Crippen LogP contribution < -0.4 is 5.32 Å². The Morgan fingerprint density at radius 3 is 2.88 bits per heavy atom. The molecule has 0 fully saturated rings. The first kappa shape index (κ1) is 18.6. The van der Waals surface area contributed by atoms with Gasteiger partial charge in [0.25, 0.3) is 5.91 Å². The zero-order valence-corrected chi connectivity index (χ0v) is 16.4. The van der Waals surface area contributed by atoms with Crippen molar-refractivity contribution in [1.82, 2.24) is 19.8 Å². The van der Waals surface area contributed by atoms with E-state index in [4.69, 9.17) is 0 Å². The molecule has 1 N–H and O–H groups in total. The zero-order chi connectivity index (χ0) is 18.7. The van der Waals surface area contributed by atoms with Crippen LogP contribution in [0.15, 0.2) is 23.7 Å². The minimum Gasteiger partial charge on any atom is -0.346 e. The molecule has 1 atom stereocenters. The number of hydrogen-bond donors (Lipinski definition) is 1. The van der Waals surface area contributed by atoms with Crippen LogP contribution in [0.25, 0.3) is 0 Å². The van der Waals surface area contributed by atoms with Crippen LogP contribution in [0, 0.1) is 5.92 Å². The Labute approximate surface area is 158 Å². The van der Waals surface area contributed by atoms with Crippen molar-refractivity contribution in [3.8, 4) is 0 Å². The highest BCUT2D eigenvalue weighted by Crippen LogP contribution is 2.26. The summed E-state index contributed by atoms with van der Waals surface area (Å²) >= 11 is 1.61. The fourth-order valence-electron chi connectivity index (χ4n) is 3.17. The topological polar surface area (TPSA) is 67.2 Å². The standard InChI is InChI=1S/C19H26N4O2S/c1-13(2)6-7-17(24)23-9-8-22-12-16(21-18(22)14(23)3)19(25)20-11-15-5-4-10-26-15/h4-5,10,12-14H,6-9,11H2,1-3H3,(H,20,25)/t14-/m1/s1. The molecule has 2 aromatic heterocycles. The highest BCUT2D eigenvalue weighted by atomic mass is 32.1. The number of hydrogen-bond acceptors (Lipinski definition) is 4. The van der Waals surface area contributed by atoms with E-state index in [1.54, 1.807) is 17.5 Å². The molecule has 7 heteroatoms. The predicted molar refractivity (Wildman–Crippen MR) is 102 cm³/mol. The summed E-state index contributed by atoms with van der Waals surface area (Å²) in [5.74, 6) is 1.30. The highest BCUT2D eigenvalue weighted by molar-refractivity contribution is 7.09. The summed E-state index contributed by atoms with van der Waals surface area (Å²) in [4.78, 5) is 32.4. The van der Waals surface area contributed by atoms with Crippen LogP contribution in [-0.4, -0.2) is 32.8 Å². The van der Waals surface area contributed by atoms with Gasteiger partial charge >= 0.3 is 0 Å². The van der Waals surface area contributed by atoms with E-state index >= 15 is 0 Å². The van der Waals surface area contributed by atoms with E-state index in [1.807, 2.05) is 33.9 Å². The van der Waals surface area contributed by atoms with E-state index in [-0.39, 0.29) is 17.9 Å². The second-order valence-corrected chi connectivity index (χ2v) is 8.17. The molecule has 0 aliphatic carbocycles. The number of carbonyl (C=O) groups is 2. The monoisotopic (exact) mass is 374 g/mol. The molecule has 2 aromatic rings. The second-order valence-electron chi connectivity index (χ2n) is 7.14. The van der Waals surface area contributed by atoms with E-state index in [0.717, 1.165) is 17.1 Å². The molecule has 0 bridgehead atoms. The van der Waals surface area contributed by atoms with E-state index in [9.17, 15) is 9.59 Å². The first-order valence-electron chi connectivity index (χ1n) is 9.13. The number of nitrogens with zero attached hydrogens (tertiary/aromatic N) is 3. The van der Waals surface area contributed by atoms with Crippen LogP contribution in [0.2, 0.25) is 0 Å². The summed E-state index contributed by atoms with van der Waals surface area (Å²) in [5.41, 5.74) is 0.417. The van der Waals surface area contributed by atoms with Crippen molar-refractivity contribution in [2.45, 2.75) is 52.7 Å². The Kier molecular flexibility index (Phi) is 5.76. The number of imidazole rings is 1. The summed E-state index contributed by atoms with van der Waals surface area (Å²) in [6.07, 6.45) is 3.26. The predicted octanol–water partition coefficient (Wildman–Crippen LogP) is 3.21. The van der Waals surface area contributed by atoms with Crippen molar-refractivity contribution in [2.24, 2.45) is 5.92 Å². The van der Waals surface area contributed by atoms with Crippen molar-refractivity contribution in [3.05, 3.63) is 40.1 Å². The van der Waals surface area contributed by atoms with Crippen LogP contribution in [0.4, 0.5) is 0 Å². The largest absolute Gasteiger partial charge is 0.346 e. The highest BCUT2D eigenvalue weighted by Gasteiger charge is 2.30. The molecule has 0 unspecified atom stereocenters. The van der Waals surface area contributed by atoms with Crippen molar-refractivity contribution in [2.75, 3.05) is 6.54 Å². The van der Waals surface area contributed by atoms with Crippen molar-refractivity contribution >= 4 is 23.2 Å². The molecule has 0 aromatic carbocycles. The summed E-state index contributed by atoms with van der Waals surface area (Å²) in [6, 6.07) is 3.85. The molecule has 0 saturated heterocycles. The van der Waals surface area contributed by atoms with Gasteiger partial charge < -0.3 is 14.8 Å². The number of thiophene rings is 1. The number of nitrogens with one attached hydrogen (secondary N) is 1. The molecule has 0 spiro atoms. The van der Waals surface area contributed by atoms with Gasteiger partial charge in [-0.1, -0.05) is 19.9 Å². The summed E-state index contributed by atoms with van der Waals surface area (Å²) in [6.45, 7) is 8.09. The van der Waals surface area contributed by atoms with Gasteiger partial charge in [-0.05, 0) is 30.7 Å². The Hall–Kier alpha value is -2.15. The molecule has 0 saturated carbocycles. The molecule has 1 aliphatic heterocycles. The fourth-order valence-corrected chi connectivity index (χ4v) is 3.81. The normalized spacial score (nSPS) is 16.6. The number of rotatable bonds is 6. The molecule has 140 valence electrons. The third-order valence-corrected chi connectivity index (χ3v) is 5.60. The first-order valence-corrected chi connectivity index (χ1v) is 10.0. The van der Waals surface area contributed by atoms with Gasteiger partial charge in [0.1, 0.15) is 11.5 Å². The van der Waals surface area contributed by atoms with Gasteiger partial charge in [0, 0.05) is 30.6 Å². The van der Waals surface area contributed by atoms with Gasteiger partial charge in [-0.25, -0.2) is 4.98 Å². The Morgan fingerprint density at radius 1 is 1.38 bits per heavy atom. The SMILES string of the molecule is CC(C)CCC(=O)N1CCn2cc(C(=O)NCc3cccs3)nc2[C@H]1C. The molecule has 3 rings (SSSR count). The number of amides is 2. The third kappa shape index (κ3) is 4.15. The molecular formula is C19H26N4O2S. The molecule has 2 amide bonds. The third-order valence-electron chi connectivity index (χ3n) is 4.72. The zero-order valence-electron chi connectivity index (χ0n) is 15.6. The molecule has 1 aliphatic rings. The lowest BCUT2D eigenvalue weighted by Gasteiger charge is -2.34. The van der Waals surface area contributed by atoms with E-state index in [2.05, 4.69) is 24.1 Å². The van der Waals surface area contributed by atoms with Gasteiger partial charge in [-0.2, -0.15) is 0 Å². The molecule has 26 heavy (non-hydrogen) atoms. The minimum atomic E-state index is -0.176. The lowest BCUT2D eigenvalue weighted by Crippen LogP contribution is -2.41. The molecule has 0 radical (unpaired) electrons.